The summed E-state index contributed by atoms with van der Waals surface area (Å²) < 4.78 is 27.1. The standard InChI is InChI=1S/C16H24N2O2S/c1-12(17-2)13-6-8-16(9-7-13)21(19,20)18-10-14-4-3-5-15(14)11-18/h6-9,12,14-15,17H,3-5,10-11H2,1-2H3. The van der Waals surface area contributed by atoms with Gasteiger partial charge in [0.2, 0.25) is 10.0 Å². The first-order chi connectivity index (χ1) is 10.0. The van der Waals surface area contributed by atoms with Crippen LogP contribution in [0.4, 0.5) is 0 Å². The van der Waals surface area contributed by atoms with E-state index >= 15 is 0 Å². The second-order valence-electron chi connectivity index (χ2n) is 6.35. The van der Waals surface area contributed by atoms with E-state index in [1.807, 2.05) is 19.2 Å². The van der Waals surface area contributed by atoms with Crippen molar-refractivity contribution in [3.63, 3.8) is 0 Å². The molecule has 1 heterocycles. The number of rotatable bonds is 4. The highest BCUT2D eigenvalue weighted by atomic mass is 32.2. The van der Waals surface area contributed by atoms with Gasteiger partial charge in [-0.25, -0.2) is 8.42 Å². The molecule has 2 aliphatic rings. The number of hydrogen-bond acceptors (Lipinski definition) is 3. The predicted molar refractivity (Wildman–Crippen MR) is 83.5 cm³/mol. The minimum atomic E-state index is -3.32. The van der Waals surface area contributed by atoms with Crippen LogP contribution < -0.4 is 5.32 Å². The first kappa shape index (κ1) is 15.0. The molecule has 0 amide bonds. The van der Waals surface area contributed by atoms with Crippen LogP contribution in [0.2, 0.25) is 0 Å². The van der Waals surface area contributed by atoms with Crippen LogP contribution >= 0.6 is 0 Å². The Balaban J connectivity index is 1.79. The van der Waals surface area contributed by atoms with E-state index in [-0.39, 0.29) is 6.04 Å². The minimum Gasteiger partial charge on any atom is -0.313 e. The van der Waals surface area contributed by atoms with Gasteiger partial charge in [-0.05, 0) is 56.3 Å². The summed E-state index contributed by atoms with van der Waals surface area (Å²) in [6.45, 7) is 3.48. The average Bonchev–Trinajstić information content (AvgIpc) is 3.08. The van der Waals surface area contributed by atoms with Gasteiger partial charge in [0.25, 0.3) is 0 Å². The van der Waals surface area contributed by atoms with Gasteiger partial charge in [-0.1, -0.05) is 18.6 Å². The number of nitrogens with one attached hydrogen (secondary N) is 1. The molecule has 3 atom stereocenters. The number of sulfonamides is 1. The highest BCUT2D eigenvalue weighted by molar-refractivity contribution is 7.89. The summed E-state index contributed by atoms with van der Waals surface area (Å²) in [6, 6.07) is 7.53. The van der Waals surface area contributed by atoms with Gasteiger partial charge in [0.15, 0.2) is 0 Å². The van der Waals surface area contributed by atoms with Crippen molar-refractivity contribution in [2.45, 2.75) is 37.1 Å². The maximum Gasteiger partial charge on any atom is 0.243 e. The van der Waals surface area contributed by atoms with Crippen molar-refractivity contribution >= 4 is 10.0 Å². The molecule has 1 aliphatic carbocycles. The van der Waals surface area contributed by atoms with Crippen molar-refractivity contribution < 1.29 is 8.42 Å². The predicted octanol–water partition coefficient (Wildman–Crippen LogP) is 2.39. The summed E-state index contributed by atoms with van der Waals surface area (Å²) in [5.41, 5.74) is 1.11. The van der Waals surface area contributed by atoms with Gasteiger partial charge in [0.1, 0.15) is 0 Å². The molecule has 0 aromatic heterocycles. The van der Waals surface area contributed by atoms with E-state index in [0.717, 1.165) is 5.56 Å². The second-order valence-corrected chi connectivity index (χ2v) is 8.29. The van der Waals surface area contributed by atoms with Gasteiger partial charge in [-0.3, -0.25) is 0 Å². The van der Waals surface area contributed by atoms with Crippen molar-refractivity contribution in [3.8, 4) is 0 Å². The molecule has 21 heavy (non-hydrogen) atoms. The highest BCUT2D eigenvalue weighted by Gasteiger charge is 2.41. The summed E-state index contributed by atoms with van der Waals surface area (Å²) in [6.07, 6.45) is 3.64. The number of fused-ring (bicyclic) bond motifs is 1. The normalized spacial score (nSPS) is 27.7. The largest absolute Gasteiger partial charge is 0.313 e. The van der Waals surface area contributed by atoms with Crippen LogP contribution in [-0.4, -0.2) is 32.9 Å². The van der Waals surface area contributed by atoms with Crippen LogP contribution in [0.5, 0.6) is 0 Å². The van der Waals surface area contributed by atoms with E-state index in [9.17, 15) is 8.42 Å². The molecule has 2 fully saturated rings. The van der Waals surface area contributed by atoms with Crippen molar-refractivity contribution in [1.29, 1.82) is 0 Å². The van der Waals surface area contributed by atoms with Crippen LogP contribution in [0.15, 0.2) is 29.2 Å². The maximum absolute atomic E-state index is 12.7. The van der Waals surface area contributed by atoms with Gasteiger partial charge < -0.3 is 5.32 Å². The Hall–Kier alpha value is -0.910. The van der Waals surface area contributed by atoms with Crippen molar-refractivity contribution in [2.24, 2.45) is 11.8 Å². The molecular formula is C16H24N2O2S. The van der Waals surface area contributed by atoms with Gasteiger partial charge >= 0.3 is 0 Å². The van der Waals surface area contributed by atoms with Crippen LogP contribution in [0.3, 0.4) is 0 Å². The zero-order chi connectivity index (χ0) is 15.0. The molecule has 1 aliphatic heterocycles. The summed E-state index contributed by atoms with van der Waals surface area (Å²) in [5, 5.41) is 3.16. The zero-order valence-electron chi connectivity index (χ0n) is 12.7. The third kappa shape index (κ3) is 2.74. The molecule has 1 saturated heterocycles. The van der Waals surface area contributed by atoms with E-state index in [1.165, 1.54) is 19.3 Å². The Bertz CT molecular complexity index is 585. The van der Waals surface area contributed by atoms with Gasteiger partial charge in [-0.15, -0.1) is 0 Å². The van der Waals surface area contributed by atoms with Gasteiger partial charge in [0, 0.05) is 19.1 Å². The second kappa shape index (κ2) is 5.71. The average molecular weight is 308 g/mol. The first-order valence-electron chi connectivity index (χ1n) is 7.79. The van der Waals surface area contributed by atoms with Crippen LogP contribution in [0.25, 0.3) is 0 Å². The third-order valence-corrected chi connectivity index (χ3v) is 6.99. The Kier molecular flexibility index (Phi) is 4.08. The molecule has 1 saturated carbocycles. The van der Waals surface area contributed by atoms with Crippen LogP contribution in [0.1, 0.15) is 37.8 Å². The molecule has 0 bridgehead atoms. The Morgan fingerprint density at radius 3 is 2.24 bits per heavy atom. The lowest BCUT2D eigenvalue weighted by Gasteiger charge is -2.18. The fourth-order valence-corrected chi connectivity index (χ4v) is 5.19. The molecular weight excluding hydrogens is 284 g/mol. The van der Waals surface area contributed by atoms with E-state index < -0.39 is 10.0 Å². The smallest absolute Gasteiger partial charge is 0.243 e. The highest BCUT2D eigenvalue weighted by Crippen LogP contribution is 2.39. The Labute approximate surface area is 127 Å². The molecule has 116 valence electrons. The van der Waals surface area contributed by atoms with E-state index in [2.05, 4.69) is 12.2 Å². The summed E-state index contributed by atoms with van der Waals surface area (Å²) in [5.74, 6) is 1.17. The van der Waals surface area contributed by atoms with E-state index in [0.29, 0.717) is 29.8 Å². The molecule has 4 nitrogen and oxygen atoms in total. The quantitative estimate of drug-likeness (QED) is 0.929. The summed E-state index contributed by atoms with van der Waals surface area (Å²) >= 11 is 0. The van der Waals surface area contributed by atoms with Gasteiger partial charge in [0.05, 0.1) is 4.90 Å². The fraction of sp³-hybridized carbons (Fsp3) is 0.625. The molecule has 3 unspecified atom stereocenters. The SMILES string of the molecule is CNC(C)c1ccc(S(=O)(=O)N2CC3CCCC3C2)cc1. The first-order valence-corrected chi connectivity index (χ1v) is 9.23. The zero-order valence-corrected chi connectivity index (χ0v) is 13.6. The lowest BCUT2D eigenvalue weighted by atomic mass is 10.0. The molecule has 5 heteroatoms. The van der Waals surface area contributed by atoms with E-state index in [1.54, 1.807) is 16.4 Å². The Morgan fingerprint density at radius 2 is 1.71 bits per heavy atom. The minimum absolute atomic E-state index is 0.230. The molecule has 1 aromatic carbocycles. The lowest BCUT2D eigenvalue weighted by molar-refractivity contribution is 0.445. The lowest BCUT2D eigenvalue weighted by Crippen LogP contribution is -2.29. The van der Waals surface area contributed by atoms with E-state index in [4.69, 9.17) is 0 Å². The summed E-state index contributed by atoms with van der Waals surface area (Å²) in [4.78, 5) is 0.425. The number of nitrogens with zero attached hydrogens (tertiary/aromatic N) is 1. The third-order valence-electron chi connectivity index (χ3n) is 5.14. The molecule has 1 N–H and O–H groups in total. The molecule has 0 radical (unpaired) electrons. The maximum atomic E-state index is 12.7. The molecule has 3 rings (SSSR count). The summed E-state index contributed by atoms with van der Waals surface area (Å²) in [7, 11) is -1.42. The Morgan fingerprint density at radius 1 is 1.14 bits per heavy atom. The fourth-order valence-electron chi connectivity index (χ4n) is 3.63. The number of benzene rings is 1. The topological polar surface area (TPSA) is 49.4 Å². The van der Waals surface area contributed by atoms with Crippen molar-refractivity contribution in [2.75, 3.05) is 20.1 Å². The molecule has 0 spiro atoms. The van der Waals surface area contributed by atoms with Crippen molar-refractivity contribution in [3.05, 3.63) is 29.8 Å². The monoisotopic (exact) mass is 308 g/mol. The number of hydrogen-bond donors (Lipinski definition) is 1. The molecule has 1 aromatic rings. The van der Waals surface area contributed by atoms with Crippen molar-refractivity contribution in [1.82, 2.24) is 9.62 Å². The van der Waals surface area contributed by atoms with Crippen LogP contribution in [0, 0.1) is 11.8 Å². The van der Waals surface area contributed by atoms with Gasteiger partial charge in [-0.2, -0.15) is 4.31 Å². The van der Waals surface area contributed by atoms with Crippen LogP contribution in [-0.2, 0) is 10.0 Å².